The highest BCUT2D eigenvalue weighted by Gasteiger charge is 2.18. The topological polar surface area (TPSA) is 26.8 Å². The molecule has 1 rings (SSSR count). The number of hydrogen-bond acceptors (Lipinski definition) is 3. The van der Waals surface area contributed by atoms with Crippen molar-refractivity contribution in [2.75, 3.05) is 53.4 Å². The van der Waals surface area contributed by atoms with Crippen molar-refractivity contribution in [3.8, 4) is 0 Å². The Balaban J connectivity index is 0.000000462. The van der Waals surface area contributed by atoms with Crippen molar-refractivity contribution >= 4 is 5.91 Å². The fourth-order valence-corrected chi connectivity index (χ4v) is 3.00. The van der Waals surface area contributed by atoms with Gasteiger partial charge in [-0.2, -0.15) is 0 Å². The van der Waals surface area contributed by atoms with Crippen LogP contribution >= 0.6 is 0 Å². The van der Waals surface area contributed by atoms with Crippen LogP contribution in [-0.4, -0.2) is 74.0 Å². The van der Waals surface area contributed by atoms with E-state index < -0.39 is 0 Å². The highest BCUT2D eigenvalue weighted by Crippen LogP contribution is 2.09. The average molecular weight is 356 g/mol. The van der Waals surface area contributed by atoms with Crippen molar-refractivity contribution in [2.24, 2.45) is 0 Å². The summed E-state index contributed by atoms with van der Waals surface area (Å²) in [7, 11) is 4.12. The standard InChI is InChI=1S/C12H27N.C9H18N2O/c1-4-7-10-13(11-8-5-2)12-9-6-3;1-10(2)6-4-8-11-7-3-5-9(11)12/h4-12H2,1-3H3;3-8H2,1-2H3. The molecule has 0 aliphatic carbocycles. The molecule has 25 heavy (non-hydrogen) atoms. The average Bonchev–Trinajstić information content (AvgIpc) is 2.99. The summed E-state index contributed by atoms with van der Waals surface area (Å²) in [5.41, 5.74) is 0. The van der Waals surface area contributed by atoms with E-state index in [0.29, 0.717) is 5.91 Å². The van der Waals surface area contributed by atoms with E-state index in [1.54, 1.807) is 0 Å². The van der Waals surface area contributed by atoms with Crippen molar-refractivity contribution < 1.29 is 4.79 Å². The largest absolute Gasteiger partial charge is 0.343 e. The fraction of sp³-hybridized carbons (Fsp3) is 0.952. The number of likely N-dealkylation sites (tertiary alicyclic amines) is 1. The lowest BCUT2D eigenvalue weighted by Gasteiger charge is -2.21. The second-order valence-corrected chi connectivity index (χ2v) is 7.54. The van der Waals surface area contributed by atoms with Crippen LogP contribution in [0.25, 0.3) is 0 Å². The first-order valence-electron chi connectivity index (χ1n) is 10.7. The molecule has 0 unspecified atom stereocenters. The van der Waals surface area contributed by atoms with Crippen molar-refractivity contribution in [2.45, 2.75) is 78.6 Å². The summed E-state index contributed by atoms with van der Waals surface area (Å²) < 4.78 is 0. The molecule has 0 aromatic rings. The predicted molar refractivity (Wildman–Crippen MR) is 110 cm³/mol. The number of carbonyl (C=O) groups is 1. The number of amides is 1. The summed E-state index contributed by atoms with van der Waals surface area (Å²) in [5, 5.41) is 0. The lowest BCUT2D eigenvalue weighted by molar-refractivity contribution is -0.127. The summed E-state index contributed by atoms with van der Waals surface area (Å²) in [4.78, 5) is 17.9. The Hall–Kier alpha value is -0.610. The number of carbonyl (C=O) groups excluding carboxylic acids is 1. The van der Waals surface area contributed by atoms with Gasteiger partial charge in [-0.25, -0.2) is 0 Å². The van der Waals surface area contributed by atoms with Crippen molar-refractivity contribution in [1.82, 2.24) is 14.7 Å². The lowest BCUT2D eigenvalue weighted by atomic mass is 10.2. The minimum atomic E-state index is 0.341. The molecule has 4 nitrogen and oxygen atoms in total. The van der Waals surface area contributed by atoms with Crippen LogP contribution < -0.4 is 0 Å². The second kappa shape index (κ2) is 16.8. The van der Waals surface area contributed by atoms with Gasteiger partial charge in [0.25, 0.3) is 0 Å². The van der Waals surface area contributed by atoms with Gasteiger partial charge in [-0.1, -0.05) is 40.0 Å². The normalized spacial score (nSPS) is 14.4. The summed E-state index contributed by atoms with van der Waals surface area (Å²) >= 11 is 0. The zero-order valence-corrected chi connectivity index (χ0v) is 17.9. The monoisotopic (exact) mass is 355 g/mol. The molecule has 1 heterocycles. The minimum Gasteiger partial charge on any atom is -0.343 e. The Morgan fingerprint density at radius 1 is 0.840 bits per heavy atom. The maximum atomic E-state index is 11.2. The van der Waals surface area contributed by atoms with E-state index in [1.165, 1.54) is 58.2 Å². The molecule has 0 spiro atoms. The molecule has 150 valence electrons. The Bertz CT molecular complexity index is 288. The molecule has 1 aliphatic rings. The zero-order chi connectivity index (χ0) is 18.9. The maximum absolute atomic E-state index is 11.2. The fourth-order valence-electron chi connectivity index (χ4n) is 3.00. The smallest absolute Gasteiger partial charge is 0.222 e. The number of hydrogen-bond donors (Lipinski definition) is 0. The van der Waals surface area contributed by atoms with E-state index in [9.17, 15) is 4.79 Å². The zero-order valence-electron chi connectivity index (χ0n) is 17.9. The summed E-state index contributed by atoms with van der Waals surface area (Å²) in [6.07, 6.45) is 11.0. The molecule has 0 aromatic heterocycles. The highest BCUT2D eigenvalue weighted by atomic mass is 16.2. The van der Waals surface area contributed by atoms with E-state index in [1.807, 2.05) is 4.90 Å². The SMILES string of the molecule is CCCCN(CCCC)CCCC.CN(C)CCCN1CCCC1=O. The van der Waals surface area contributed by atoms with Gasteiger partial charge >= 0.3 is 0 Å². The van der Waals surface area contributed by atoms with Crippen molar-refractivity contribution in [1.29, 1.82) is 0 Å². The van der Waals surface area contributed by atoms with Crippen LogP contribution in [0.3, 0.4) is 0 Å². The first kappa shape index (κ1) is 24.4. The maximum Gasteiger partial charge on any atom is 0.222 e. The van der Waals surface area contributed by atoms with Gasteiger partial charge in [-0.05, 0) is 72.4 Å². The van der Waals surface area contributed by atoms with E-state index in [0.717, 1.165) is 38.9 Å². The van der Waals surface area contributed by atoms with Gasteiger partial charge in [0, 0.05) is 19.5 Å². The van der Waals surface area contributed by atoms with E-state index in [-0.39, 0.29) is 0 Å². The van der Waals surface area contributed by atoms with Crippen LogP contribution in [0.4, 0.5) is 0 Å². The molecule has 1 fully saturated rings. The van der Waals surface area contributed by atoms with Crippen LogP contribution in [0.1, 0.15) is 78.6 Å². The Kier molecular flexibility index (Phi) is 16.4. The van der Waals surface area contributed by atoms with E-state index >= 15 is 0 Å². The van der Waals surface area contributed by atoms with Crippen molar-refractivity contribution in [3.05, 3.63) is 0 Å². The van der Waals surface area contributed by atoms with Gasteiger partial charge in [-0.15, -0.1) is 0 Å². The lowest BCUT2D eigenvalue weighted by Crippen LogP contribution is -2.28. The minimum absolute atomic E-state index is 0.341. The molecular formula is C21H45N3O. The number of unbranched alkanes of at least 4 members (excludes halogenated alkanes) is 3. The molecule has 1 amide bonds. The molecular weight excluding hydrogens is 310 g/mol. The van der Waals surface area contributed by atoms with Gasteiger partial charge in [0.2, 0.25) is 5.91 Å². The van der Waals surface area contributed by atoms with Crippen LogP contribution in [-0.2, 0) is 4.79 Å². The van der Waals surface area contributed by atoms with Gasteiger partial charge in [-0.3, -0.25) is 4.79 Å². The third kappa shape index (κ3) is 14.3. The summed E-state index contributed by atoms with van der Waals surface area (Å²) in [6, 6.07) is 0. The summed E-state index contributed by atoms with van der Waals surface area (Å²) in [5.74, 6) is 0.341. The van der Waals surface area contributed by atoms with Crippen molar-refractivity contribution in [3.63, 3.8) is 0 Å². The Morgan fingerprint density at radius 2 is 1.36 bits per heavy atom. The van der Waals surface area contributed by atoms with E-state index in [4.69, 9.17) is 0 Å². The third-order valence-electron chi connectivity index (χ3n) is 4.69. The Morgan fingerprint density at radius 3 is 1.72 bits per heavy atom. The van der Waals surface area contributed by atoms with Gasteiger partial charge in [0.15, 0.2) is 0 Å². The predicted octanol–water partition coefficient (Wildman–Crippen LogP) is 4.25. The van der Waals surface area contributed by atoms with Gasteiger partial charge in [0.1, 0.15) is 0 Å². The first-order chi connectivity index (χ1) is 12.0. The van der Waals surface area contributed by atoms with Crippen LogP contribution in [0.15, 0.2) is 0 Å². The highest BCUT2D eigenvalue weighted by molar-refractivity contribution is 5.77. The van der Waals surface area contributed by atoms with Crippen LogP contribution in [0.5, 0.6) is 0 Å². The molecule has 1 aliphatic heterocycles. The molecule has 0 atom stereocenters. The van der Waals surface area contributed by atoms with Gasteiger partial charge < -0.3 is 14.7 Å². The molecule has 0 N–H and O–H groups in total. The van der Waals surface area contributed by atoms with Gasteiger partial charge in [0.05, 0.1) is 0 Å². The molecule has 0 bridgehead atoms. The third-order valence-corrected chi connectivity index (χ3v) is 4.69. The molecule has 1 saturated heterocycles. The molecule has 0 aromatic carbocycles. The summed E-state index contributed by atoms with van der Waals surface area (Å²) in [6.45, 7) is 13.8. The Labute approximate surface area is 157 Å². The molecule has 0 saturated carbocycles. The van der Waals surface area contributed by atoms with E-state index in [2.05, 4.69) is 44.7 Å². The number of nitrogens with zero attached hydrogens (tertiary/aromatic N) is 3. The van der Waals surface area contributed by atoms with Crippen LogP contribution in [0.2, 0.25) is 0 Å². The molecule has 0 radical (unpaired) electrons. The van der Waals surface area contributed by atoms with Crippen LogP contribution in [0, 0.1) is 0 Å². The molecule has 4 heteroatoms. The second-order valence-electron chi connectivity index (χ2n) is 7.54. The quantitative estimate of drug-likeness (QED) is 0.494. The number of rotatable bonds is 13. The first-order valence-corrected chi connectivity index (χ1v) is 10.7.